The Bertz CT molecular complexity index is 1180. The standard InChI is InChI=1S/C20H22N6O3/c1-4-16(27)24-8-7-14(10-24)26-19-17(18(21)22-11-23-19)25(20(26)28)13-6-5-12(2)15(9-13)29-3/h4-6,9,11,14H,1,7-8,10H2,2-3H3,(H2,21,22,23)/t14-/m1/s1. The molecular weight excluding hydrogens is 372 g/mol. The van der Waals surface area contributed by atoms with Crippen LogP contribution in [-0.2, 0) is 4.79 Å². The third-order valence-corrected chi connectivity index (χ3v) is 5.35. The van der Waals surface area contributed by atoms with Crippen LogP contribution in [0.15, 0.2) is 42.0 Å². The van der Waals surface area contributed by atoms with Gasteiger partial charge < -0.3 is 15.4 Å². The fraction of sp³-hybridized carbons (Fsp3) is 0.300. The maximum absolute atomic E-state index is 13.5. The van der Waals surface area contributed by atoms with Crippen molar-refractivity contribution in [2.24, 2.45) is 0 Å². The summed E-state index contributed by atoms with van der Waals surface area (Å²) in [6, 6.07) is 5.29. The maximum Gasteiger partial charge on any atom is 0.335 e. The van der Waals surface area contributed by atoms with Gasteiger partial charge in [-0.1, -0.05) is 12.6 Å². The van der Waals surface area contributed by atoms with Crippen molar-refractivity contribution in [3.05, 3.63) is 53.2 Å². The zero-order valence-corrected chi connectivity index (χ0v) is 16.3. The number of aryl methyl sites for hydroxylation is 1. The molecule has 3 heterocycles. The van der Waals surface area contributed by atoms with Gasteiger partial charge in [-0.15, -0.1) is 0 Å². The normalized spacial score (nSPS) is 16.3. The lowest BCUT2D eigenvalue weighted by Crippen LogP contribution is -2.31. The van der Waals surface area contributed by atoms with Gasteiger partial charge in [0.15, 0.2) is 11.5 Å². The van der Waals surface area contributed by atoms with E-state index in [0.717, 1.165) is 5.56 Å². The number of rotatable bonds is 4. The first-order chi connectivity index (χ1) is 14.0. The SMILES string of the molecule is C=CC(=O)N1CC[C@@H](n2c(=O)n(-c3ccc(C)c(OC)c3)c3c(N)ncnc32)C1. The first-order valence-corrected chi connectivity index (χ1v) is 9.26. The average molecular weight is 394 g/mol. The van der Waals surface area contributed by atoms with E-state index >= 15 is 0 Å². The fourth-order valence-corrected chi connectivity index (χ4v) is 3.87. The molecule has 150 valence electrons. The van der Waals surface area contributed by atoms with E-state index in [4.69, 9.17) is 10.5 Å². The van der Waals surface area contributed by atoms with Crippen LogP contribution in [0.3, 0.4) is 0 Å². The topological polar surface area (TPSA) is 108 Å². The molecule has 1 aromatic carbocycles. The lowest BCUT2D eigenvalue weighted by atomic mass is 10.2. The van der Waals surface area contributed by atoms with Crippen LogP contribution in [0.1, 0.15) is 18.0 Å². The predicted octanol–water partition coefficient (Wildman–Crippen LogP) is 1.44. The molecule has 9 heteroatoms. The smallest absolute Gasteiger partial charge is 0.335 e. The van der Waals surface area contributed by atoms with E-state index in [9.17, 15) is 9.59 Å². The molecule has 29 heavy (non-hydrogen) atoms. The summed E-state index contributed by atoms with van der Waals surface area (Å²) in [7, 11) is 1.58. The zero-order valence-electron chi connectivity index (χ0n) is 16.3. The number of nitrogen functional groups attached to an aromatic ring is 1. The zero-order chi connectivity index (χ0) is 20.7. The van der Waals surface area contributed by atoms with Gasteiger partial charge in [-0.25, -0.2) is 14.8 Å². The van der Waals surface area contributed by atoms with E-state index in [1.807, 2.05) is 19.1 Å². The Hall–Kier alpha value is -3.62. The molecule has 0 saturated carbocycles. The van der Waals surface area contributed by atoms with Crippen molar-refractivity contribution in [2.75, 3.05) is 25.9 Å². The summed E-state index contributed by atoms with van der Waals surface area (Å²) in [5.41, 5.74) is 8.31. The van der Waals surface area contributed by atoms with Gasteiger partial charge in [-0.2, -0.15) is 0 Å². The van der Waals surface area contributed by atoms with Crippen molar-refractivity contribution in [2.45, 2.75) is 19.4 Å². The maximum atomic E-state index is 13.5. The molecule has 3 aromatic rings. The summed E-state index contributed by atoms with van der Waals surface area (Å²) in [4.78, 5) is 35.6. The molecule has 1 saturated heterocycles. The monoisotopic (exact) mass is 394 g/mol. The third kappa shape index (κ3) is 2.95. The lowest BCUT2D eigenvalue weighted by molar-refractivity contribution is -0.125. The summed E-state index contributed by atoms with van der Waals surface area (Å²) in [6.07, 6.45) is 3.27. The summed E-state index contributed by atoms with van der Waals surface area (Å²) in [5.74, 6) is 0.721. The summed E-state index contributed by atoms with van der Waals surface area (Å²) in [6.45, 7) is 6.42. The van der Waals surface area contributed by atoms with Crippen LogP contribution in [0, 0.1) is 6.92 Å². The van der Waals surface area contributed by atoms with Crippen LogP contribution in [0.5, 0.6) is 5.75 Å². The number of fused-ring (bicyclic) bond motifs is 1. The number of ether oxygens (including phenoxy) is 1. The molecule has 0 spiro atoms. The van der Waals surface area contributed by atoms with Gasteiger partial charge in [0, 0.05) is 19.2 Å². The number of hydrogen-bond donors (Lipinski definition) is 1. The number of amides is 1. The molecule has 2 aromatic heterocycles. The van der Waals surface area contributed by atoms with Gasteiger partial charge in [0.1, 0.15) is 17.6 Å². The predicted molar refractivity (Wildman–Crippen MR) is 109 cm³/mol. The highest BCUT2D eigenvalue weighted by Crippen LogP contribution is 2.29. The van der Waals surface area contributed by atoms with Gasteiger partial charge in [-0.3, -0.25) is 13.9 Å². The van der Waals surface area contributed by atoms with E-state index < -0.39 is 0 Å². The molecule has 4 rings (SSSR count). The number of methoxy groups -OCH3 is 1. The number of benzene rings is 1. The van der Waals surface area contributed by atoms with E-state index in [1.54, 1.807) is 22.6 Å². The van der Waals surface area contributed by atoms with Crippen molar-refractivity contribution < 1.29 is 9.53 Å². The van der Waals surface area contributed by atoms with E-state index in [1.165, 1.54) is 17.0 Å². The Labute approximate surface area is 167 Å². The van der Waals surface area contributed by atoms with E-state index in [-0.39, 0.29) is 23.5 Å². The molecule has 1 aliphatic rings. The molecule has 1 fully saturated rings. The van der Waals surface area contributed by atoms with E-state index in [2.05, 4.69) is 16.5 Å². The van der Waals surface area contributed by atoms with Crippen LogP contribution in [0.2, 0.25) is 0 Å². The molecule has 1 amide bonds. The molecule has 1 aliphatic heterocycles. The van der Waals surface area contributed by atoms with Gasteiger partial charge in [0.2, 0.25) is 5.91 Å². The highest BCUT2D eigenvalue weighted by atomic mass is 16.5. The minimum atomic E-state index is -0.281. The second kappa shape index (κ2) is 7.08. The van der Waals surface area contributed by atoms with Crippen LogP contribution in [0.25, 0.3) is 16.9 Å². The molecular formula is C20H22N6O3. The highest BCUT2D eigenvalue weighted by Gasteiger charge is 2.31. The Morgan fingerprint density at radius 3 is 2.90 bits per heavy atom. The van der Waals surface area contributed by atoms with Crippen molar-refractivity contribution in [3.63, 3.8) is 0 Å². The second-order valence-electron chi connectivity index (χ2n) is 7.00. The van der Waals surface area contributed by atoms with Crippen molar-refractivity contribution in [3.8, 4) is 11.4 Å². The highest BCUT2D eigenvalue weighted by molar-refractivity contribution is 5.87. The fourth-order valence-electron chi connectivity index (χ4n) is 3.87. The number of aromatic nitrogens is 4. The van der Waals surface area contributed by atoms with Gasteiger partial charge >= 0.3 is 5.69 Å². The first kappa shape index (κ1) is 18.7. The molecule has 0 bridgehead atoms. The number of likely N-dealkylation sites (tertiary alicyclic amines) is 1. The number of imidazole rings is 1. The van der Waals surface area contributed by atoms with Crippen LogP contribution >= 0.6 is 0 Å². The number of hydrogen-bond acceptors (Lipinski definition) is 6. The Balaban J connectivity index is 1.92. The Morgan fingerprint density at radius 2 is 2.17 bits per heavy atom. The number of anilines is 1. The summed E-state index contributed by atoms with van der Waals surface area (Å²) >= 11 is 0. The number of carbonyl (C=O) groups is 1. The molecule has 1 atom stereocenters. The van der Waals surface area contributed by atoms with Gasteiger partial charge in [0.05, 0.1) is 18.8 Å². The average Bonchev–Trinajstić information content (AvgIpc) is 3.31. The van der Waals surface area contributed by atoms with Crippen molar-refractivity contribution >= 4 is 22.9 Å². The largest absolute Gasteiger partial charge is 0.496 e. The van der Waals surface area contributed by atoms with Gasteiger partial charge in [-0.05, 0) is 31.1 Å². The molecule has 0 unspecified atom stereocenters. The Kier molecular flexibility index (Phi) is 4.57. The number of nitrogens with zero attached hydrogens (tertiary/aromatic N) is 5. The van der Waals surface area contributed by atoms with Crippen LogP contribution in [0.4, 0.5) is 5.82 Å². The van der Waals surface area contributed by atoms with Crippen molar-refractivity contribution in [1.82, 2.24) is 24.0 Å². The number of carbonyl (C=O) groups excluding carboxylic acids is 1. The Morgan fingerprint density at radius 1 is 1.38 bits per heavy atom. The quantitative estimate of drug-likeness (QED) is 0.671. The van der Waals surface area contributed by atoms with Gasteiger partial charge in [0.25, 0.3) is 0 Å². The molecule has 9 nitrogen and oxygen atoms in total. The molecule has 2 N–H and O–H groups in total. The van der Waals surface area contributed by atoms with Crippen LogP contribution in [-0.4, -0.2) is 50.1 Å². The third-order valence-electron chi connectivity index (χ3n) is 5.35. The number of nitrogens with two attached hydrogens (primary N) is 1. The first-order valence-electron chi connectivity index (χ1n) is 9.26. The minimum Gasteiger partial charge on any atom is -0.496 e. The van der Waals surface area contributed by atoms with E-state index in [0.29, 0.717) is 42.1 Å². The van der Waals surface area contributed by atoms with Crippen molar-refractivity contribution in [1.29, 1.82) is 0 Å². The van der Waals surface area contributed by atoms with Crippen LogP contribution < -0.4 is 16.2 Å². The molecule has 0 aliphatic carbocycles. The lowest BCUT2D eigenvalue weighted by Gasteiger charge is -2.14. The summed E-state index contributed by atoms with van der Waals surface area (Å²) < 4.78 is 8.52. The minimum absolute atomic E-state index is 0.151. The summed E-state index contributed by atoms with van der Waals surface area (Å²) in [5, 5.41) is 0. The second-order valence-corrected chi connectivity index (χ2v) is 7.00. The molecule has 0 radical (unpaired) electrons.